The van der Waals surface area contributed by atoms with Crippen LogP contribution in [0.25, 0.3) is 0 Å². The minimum absolute atomic E-state index is 0.266. The maximum atomic E-state index is 8.71. The number of rotatable bonds is 3. The van der Waals surface area contributed by atoms with Crippen LogP contribution in [0.4, 0.5) is 0 Å². The van der Waals surface area contributed by atoms with Crippen LogP contribution in [0.1, 0.15) is 6.92 Å². The second-order valence-electron chi connectivity index (χ2n) is 2.11. The number of aliphatic hydroxyl groups excluding tert-OH is 1. The van der Waals surface area contributed by atoms with E-state index in [2.05, 4.69) is 5.43 Å². The zero-order valence-electron chi connectivity index (χ0n) is 5.68. The zero-order chi connectivity index (χ0) is 6.57. The van der Waals surface area contributed by atoms with Crippen LogP contribution < -0.4 is 5.43 Å². The van der Waals surface area contributed by atoms with Gasteiger partial charge < -0.3 is 5.11 Å². The van der Waals surface area contributed by atoms with Gasteiger partial charge in [-0.2, -0.15) is 0 Å². The summed E-state index contributed by atoms with van der Waals surface area (Å²) in [5.41, 5.74) is 2.93. The molecule has 0 spiro atoms. The van der Waals surface area contributed by atoms with Crippen molar-refractivity contribution < 1.29 is 5.11 Å². The lowest BCUT2D eigenvalue weighted by atomic mass is 10.4. The fraction of sp³-hybridized carbons (Fsp3) is 1.00. The summed E-state index contributed by atoms with van der Waals surface area (Å²) in [4.78, 5) is 0. The SMILES string of the molecule is C[C@H](O)CNN(C)C. The molecule has 0 aliphatic heterocycles. The van der Waals surface area contributed by atoms with Gasteiger partial charge in [-0.1, -0.05) is 0 Å². The highest BCUT2D eigenvalue weighted by atomic mass is 16.3. The molecule has 0 heterocycles. The first-order valence-corrected chi connectivity index (χ1v) is 2.72. The van der Waals surface area contributed by atoms with E-state index in [4.69, 9.17) is 5.11 Å². The molecular formula is C5H14N2O. The first-order valence-electron chi connectivity index (χ1n) is 2.72. The van der Waals surface area contributed by atoms with E-state index in [1.165, 1.54) is 0 Å². The molecule has 0 bridgehead atoms. The molecule has 0 amide bonds. The van der Waals surface area contributed by atoms with Gasteiger partial charge in [-0.15, -0.1) is 0 Å². The van der Waals surface area contributed by atoms with Gasteiger partial charge in [-0.25, -0.2) is 0 Å². The highest BCUT2D eigenvalue weighted by molar-refractivity contribution is 4.46. The van der Waals surface area contributed by atoms with Gasteiger partial charge in [0.05, 0.1) is 6.10 Å². The molecule has 0 aromatic heterocycles. The molecule has 0 saturated heterocycles. The van der Waals surface area contributed by atoms with E-state index in [1.54, 1.807) is 6.92 Å². The molecule has 3 heteroatoms. The Morgan fingerprint density at radius 1 is 1.62 bits per heavy atom. The van der Waals surface area contributed by atoms with Crippen molar-refractivity contribution in [2.24, 2.45) is 0 Å². The van der Waals surface area contributed by atoms with Gasteiger partial charge in [0.25, 0.3) is 0 Å². The molecule has 0 aromatic carbocycles. The number of hydrogen-bond acceptors (Lipinski definition) is 3. The molecular weight excluding hydrogens is 104 g/mol. The van der Waals surface area contributed by atoms with Gasteiger partial charge in [-0.05, 0) is 6.92 Å². The monoisotopic (exact) mass is 118 g/mol. The highest BCUT2D eigenvalue weighted by Crippen LogP contribution is 1.73. The Kier molecular flexibility index (Phi) is 3.77. The van der Waals surface area contributed by atoms with Crippen LogP contribution >= 0.6 is 0 Å². The minimum Gasteiger partial charge on any atom is -0.392 e. The predicted octanol–water partition coefficient (Wildman–Crippen LogP) is -0.567. The fourth-order valence-corrected chi connectivity index (χ4v) is 0.315. The summed E-state index contributed by atoms with van der Waals surface area (Å²) in [6.45, 7) is 2.36. The van der Waals surface area contributed by atoms with Gasteiger partial charge >= 0.3 is 0 Å². The van der Waals surface area contributed by atoms with Crippen LogP contribution in [0.2, 0.25) is 0 Å². The molecule has 0 aliphatic carbocycles. The molecule has 0 rings (SSSR count). The Bertz CT molecular complexity index is 46.4. The Balaban J connectivity index is 2.93. The van der Waals surface area contributed by atoms with Crippen molar-refractivity contribution >= 4 is 0 Å². The van der Waals surface area contributed by atoms with Crippen LogP contribution in [0.15, 0.2) is 0 Å². The second-order valence-corrected chi connectivity index (χ2v) is 2.11. The first kappa shape index (κ1) is 7.88. The lowest BCUT2D eigenvalue weighted by Crippen LogP contribution is -2.35. The molecule has 0 radical (unpaired) electrons. The van der Waals surface area contributed by atoms with Gasteiger partial charge in [0, 0.05) is 20.6 Å². The average Bonchev–Trinajstić information content (AvgIpc) is 1.61. The Hall–Kier alpha value is -0.120. The number of hydrazine groups is 1. The van der Waals surface area contributed by atoms with Gasteiger partial charge in [0.2, 0.25) is 0 Å². The lowest BCUT2D eigenvalue weighted by Gasteiger charge is -2.12. The summed E-state index contributed by atoms with van der Waals surface area (Å²) >= 11 is 0. The molecule has 0 unspecified atom stereocenters. The normalized spacial score (nSPS) is 14.6. The Morgan fingerprint density at radius 2 is 2.12 bits per heavy atom. The highest BCUT2D eigenvalue weighted by Gasteiger charge is 1.92. The summed E-state index contributed by atoms with van der Waals surface area (Å²) in [5, 5.41) is 10.5. The fourth-order valence-electron chi connectivity index (χ4n) is 0.315. The third-order valence-corrected chi connectivity index (χ3v) is 0.703. The van der Waals surface area contributed by atoms with Crippen molar-refractivity contribution in [1.82, 2.24) is 10.4 Å². The van der Waals surface area contributed by atoms with Crippen molar-refractivity contribution in [3.8, 4) is 0 Å². The van der Waals surface area contributed by atoms with Crippen LogP contribution in [0.3, 0.4) is 0 Å². The van der Waals surface area contributed by atoms with Crippen molar-refractivity contribution in [2.45, 2.75) is 13.0 Å². The summed E-state index contributed by atoms with van der Waals surface area (Å²) < 4.78 is 0. The van der Waals surface area contributed by atoms with E-state index in [1.807, 2.05) is 19.1 Å². The van der Waals surface area contributed by atoms with Crippen molar-refractivity contribution in [3.63, 3.8) is 0 Å². The standard InChI is InChI=1S/C5H14N2O/c1-5(8)4-6-7(2)3/h5-6,8H,4H2,1-3H3/t5-/m0/s1. The van der Waals surface area contributed by atoms with E-state index in [9.17, 15) is 0 Å². The predicted molar refractivity (Wildman–Crippen MR) is 33.4 cm³/mol. The van der Waals surface area contributed by atoms with Gasteiger partial charge in [0.1, 0.15) is 0 Å². The van der Waals surface area contributed by atoms with E-state index in [0.29, 0.717) is 6.54 Å². The minimum atomic E-state index is -0.266. The molecule has 2 N–H and O–H groups in total. The summed E-state index contributed by atoms with van der Waals surface area (Å²) in [7, 11) is 3.78. The van der Waals surface area contributed by atoms with Crippen molar-refractivity contribution in [1.29, 1.82) is 0 Å². The van der Waals surface area contributed by atoms with Crippen molar-refractivity contribution in [2.75, 3.05) is 20.6 Å². The second kappa shape index (κ2) is 3.83. The molecule has 0 fully saturated rings. The number of nitrogens with one attached hydrogen (secondary N) is 1. The quantitative estimate of drug-likeness (QED) is 0.487. The molecule has 0 aliphatic rings. The first-order chi connectivity index (χ1) is 3.63. The summed E-state index contributed by atoms with van der Waals surface area (Å²) in [6, 6.07) is 0. The van der Waals surface area contributed by atoms with Gasteiger partial charge in [-0.3, -0.25) is 10.4 Å². The summed E-state index contributed by atoms with van der Waals surface area (Å²) in [5.74, 6) is 0. The molecule has 0 saturated carbocycles. The lowest BCUT2D eigenvalue weighted by molar-refractivity contribution is 0.155. The van der Waals surface area contributed by atoms with Crippen LogP contribution in [-0.4, -0.2) is 36.9 Å². The van der Waals surface area contributed by atoms with E-state index in [-0.39, 0.29) is 6.10 Å². The van der Waals surface area contributed by atoms with Crippen LogP contribution in [-0.2, 0) is 0 Å². The third-order valence-electron chi connectivity index (χ3n) is 0.703. The Labute approximate surface area is 50.3 Å². The molecule has 8 heavy (non-hydrogen) atoms. The number of aliphatic hydroxyl groups is 1. The molecule has 3 nitrogen and oxygen atoms in total. The van der Waals surface area contributed by atoms with Crippen LogP contribution in [0, 0.1) is 0 Å². The Morgan fingerprint density at radius 3 is 2.25 bits per heavy atom. The van der Waals surface area contributed by atoms with E-state index < -0.39 is 0 Å². The maximum absolute atomic E-state index is 8.71. The maximum Gasteiger partial charge on any atom is 0.0650 e. The van der Waals surface area contributed by atoms with Gasteiger partial charge in [0.15, 0.2) is 0 Å². The molecule has 1 atom stereocenters. The largest absolute Gasteiger partial charge is 0.392 e. The molecule has 50 valence electrons. The third kappa shape index (κ3) is 5.88. The summed E-state index contributed by atoms with van der Waals surface area (Å²) in [6.07, 6.45) is -0.266. The van der Waals surface area contributed by atoms with E-state index >= 15 is 0 Å². The molecule has 0 aromatic rings. The number of nitrogens with zero attached hydrogens (tertiary/aromatic N) is 1. The van der Waals surface area contributed by atoms with Crippen molar-refractivity contribution in [3.05, 3.63) is 0 Å². The number of hydrogen-bond donors (Lipinski definition) is 2. The van der Waals surface area contributed by atoms with E-state index in [0.717, 1.165) is 0 Å². The van der Waals surface area contributed by atoms with Crippen LogP contribution in [0.5, 0.6) is 0 Å². The topological polar surface area (TPSA) is 35.5 Å². The zero-order valence-corrected chi connectivity index (χ0v) is 5.68. The smallest absolute Gasteiger partial charge is 0.0650 e. The average molecular weight is 118 g/mol.